The minimum absolute atomic E-state index is 0.0893. The number of hydrogen-bond donors (Lipinski definition) is 2. The summed E-state index contributed by atoms with van der Waals surface area (Å²) in [5.41, 5.74) is -0.0893. The van der Waals surface area contributed by atoms with Crippen LogP contribution in [0.2, 0.25) is 0 Å². The van der Waals surface area contributed by atoms with Crippen LogP contribution >= 0.6 is 0 Å². The summed E-state index contributed by atoms with van der Waals surface area (Å²) in [5, 5.41) is 6.57. The predicted molar refractivity (Wildman–Crippen MR) is 75.7 cm³/mol. The smallest absolute Gasteiger partial charge is 0.234 e. The van der Waals surface area contributed by atoms with Gasteiger partial charge in [-0.05, 0) is 46.2 Å². The van der Waals surface area contributed by atoms with E-state index in [9.17, 15) is 4.79 Å². The van der Waals surface area contributed by atoms with Crippen molar-refractivity contribution in [3.05, 3.63) is 0 Å². The summed E-state index contributed by atoms with van der Waals surface area (Å²) < 4.78 is 0. The molecule has 4 heteroatoms. The van der Waals surface area contributed by atoms with Crippen molar-refractivity contribution < 1.29 is 4.79 Å². The molecular formula is C14H29N3O. The van der Waals surface area contributed by atoms with Crippen molar-refractivity contribution in [1.82, 2.24) is 15.5 Å². The molecule has 0 aromatic carbocycles. The maximum atomic E-state index is 12.0. The molecule has 1 atom stereocenters. The predicted octanol–water partition coefficient (Wildman–Crippen LogP) is 1.37. The monoisotopic (exact) mass is 255 g/mol. The molecule has 2 N–H and O–H groups in total. The zero-order valence-electron chi connectivity index (χ0n) is 12.4. The Hall–Kier alpha value is -0.610. The first-order valence-corrected chi connectivity index (χ1v) is 7.23. The number of likely N-dealkylation sites (tertiary alicyclic amines) is 1. The Morgan fingerprint density at radius 1 is 1.39 bits per heavy atom. The quantitative estimate of drug-likeness (QED) is 0.753. The minimum atomic E-state index is -0.0893. The first-order chi connectivity index (χ1) is 8.46. The van der Waals surface area contributed by atoms with Gasteiger partial charge in [0, 0.05) is 18.1 Å². The first-order valence-electron chi connectivity index (χ1n) is 7.23. The van der Waals surface area contributed by atoms with Crippen LogP contribution in [0.3, 0.4) is 0 Å². The Balaban J connectivity index is 2.35. The van der Waals surface area contributed by atoms with Crippen LogP contribution in [-0.2, 0) is 4.79 Å². The molecule has 4 nitrogen and oxygen atoms in total. The van der Waals surface area contributed by atoms with Crippen LogP contribution in [0, 0.1) is 0 Å². The molecule has 0 spiro atoms. The molecule has 1 aliphatic heterocycles. The van der Waals surface area contributed by atoms with Gasteiger partial charge in [0.25, 0.3) is 0 Å². The van der Waals surface area contributed by atoms with Gasteiger partial charge in [0.15, 0.2) is 0 Å². The van der Waals surface area contributed by atoms with Crippen molar-refractivity contribution >= 4 is 5.91 Å². The Labute approximate surface area is 111 Å². The van der Waals surface area contributed by atoms with E-state index in [0.717, 1.165) is 26.1 Å². The number of nitrogens with zero attached hydrogens (tertiary/aromatic N) is 1. The van der Waals surface area contributed by atoms with E-state index in [2.05, 4.69) is 43.2 Å². The van der Waals surface area contributed by atoms with E-state index in [0.29, 0.717) is 12.6 Å². The van der Waals surface area contributed by atoms with Crippen molar-refractivity contribution in [3.8, 4) is 0 Å². The average Bonchev–Trinajstić information content (AvgIpc) is 2.29. The van der Waals surface area contributed by atoms with Gasteiger partial charge in [0.1, 0.15) is 0 Å². The lowest BCUT2D eigenvalue weighted by Crippen LogP contribution is -2.51. The highest BCUT2D eigenvalue weighted by atomic mass is 16.2. The first kappa shape index (κ1) is 15.4. The molecule has 1 saturated heterocycles. The largest absolute Gasteiger partial charge is 0.350 e. The van der Waals surface area contributed by atoms with Crippen LogP contribution in [-0.4, -0.2) is 48.6 Å². The summed E-state index contributed by atoms with van der Waals surface area (Å²) in [4.78, 5) is 14.2. The molecule has 106 valence electrons. The molecule has 0 radical (unpaired) electrons. The van der Waals surface area contributed by atoms with Gasteiger partial charge < -0.3 is 10.6 Å². The van der Waals surface area contributed by atoms with Gasteiger partial charge in [-0.3, -0.25) is 9.69 Å². The van der Waals surface area contributed by atoms with Crippen molar-refractivity contribution in [2.75, 3.05) is 26.2 Å². The summed E-state index contributed by atoms with van der Waals surface area (Å²) in [6, 6.07) is 0.552. The van der Waals surface area contributed by atoms with Crippen LogP contribution in [0.5, 0.6) is 0 Å². The number of carbonyl (C=O) groups is 1. The minimum Gasteiger partial charge on any atom is -0.350 e. The van der Waals surface area contributed by atoms with Crippen LogP contribution in [0.25, 0.3) is 0 Å². The van der Waals surface area contributed by atoms with E-state index in [4.69, 9.17) is 0 Å². The standard InChI is InChI=1S/C14H29N3O/c1-5-14(3,4)16-13(18)11-17-9-7-8-12(10-17)15-6-2/h12,15H,5-11H2,1-4H3,(H,16,18). The normalized spacial score (nSPS) is 21.9. The lowest BCUT2D eigenvalue weighted by atomic mass is 10.0. The summed E-state index contributed by atoms with van der Waals surface area (Å²) in [5.74, 6) is 0.152. The molecule has 0 aromatic heterocycles. The van der Waals surface area contributed by atoms with E-state index in [-0.39, 0.29) is 11.4 Å². The second kappa shape index (κ2) is 7.10. The number of nitrogens with one attached hydrogen (secondary N) is 2. The fourth-order valence-corrected chi connectivity index (χ4v) is 2.36. The van der Waals surface area contributed by atoms with E-state index in [1.54, 1.807) is 0 Å². The van der Waals surface area contributed by atoms with Gasteiger partial charge in [0.2, 0.25) is 5.91 Å². The van der Waals surface area contributed by atoms with Gasteiger partial charge in [-0.25, -0.2) is 0 Å². The Kier molecular flexibility index (Phi) is 6.09. The SMILES string of the molecule is CCNC1CCCN(CC(=O)NC(C)(C)CC)C1. The van der Waals surface area contributed by atoms with E-state index < -0.39 is 0 Å². The molecule has 0 aliphatic carbocycles. The topological polar surface area (TPSA) is 44.4 Å². The number of likely N-dealkylation sites (N-methyl/N-ethyl adjacent to an activating group) is 1. The Bertz CT molecular complexity index is 264. The number of piperidine rings is 1. The molecule has 1 aliphatic rings. The van der Waals surface area contributed by atoms with Gasteiger partial charge in [-0.15, -0.1) is 0 Å². The number of hydrogen-bond acceptors (Lipinski definition) is 3. The summed E-state index contributed by atoms with van der Waals surface area (Å²) in [7, 11) is 0. The van der Waals surface area contributed by atoms with Gasteiger partial charge in [-0.2, -0.15) is 0 Å². The highest BCUT2D eigenvalue weighted by Gasteiger charge is 2.23. The molecule has 0 bridgehead atoms. The molecule has 1 heterocycles. The van der Waals surface area contributed by atoms with Crippen molar-refractivity contribution in [2.45, 2.75) is 58.5 Å². The Morgan fingerprint density at radius 3 is 2.72 bits per heavy atom. The van der Waals surface area contributed by atoms with Gasteiger partial charge >= 0.3 is 0 Å². The second-order valence-electron chi connectivity index (χ2n) is 5.92. The molecule has 1 unspecified atom stereocenters. The van der Waals surface area contributed by atoms with Gasteiger partial charge in [-0.1, -0.05) is 13.8 Å². The molecule has 0 saturated carbocycles. The van der Waals surface area contributed by atoms with E-state index >= 15 is 0 Å². The fourth-order valence-electron chi connectivity index (χ4n) is 2.36. The Morgan fingerprint density at radius 2 is 2.11 bits per heavy atom. The third kappa shape index (κ3) is 5.36. The third-order valence-electron chi connectivity index (χ3n) is 3.73. The van der Waals surface area contributed by atoms with Gasteiger partial charge in [0.05, 0.1) is 6.54 Å². The highest BCUT2D eigenvalue weighted by molar-refractivity contribution is 5.78. The maximum Gasteiger partial charge on any atom is 0.234 e. The van der Waals surface area contributed by atoms with Crippen molar-refractivity contribution in [2.24, 2.45) is 0 Å². The molecule has 1 rings (SSSR count). The highest BCUT2D eigenvalue weighted by Crippen LogP contribution is 2.11. The third-order valence-corrected chi connectivity index (χ3v) is 3.73. The van der Waals surface area contributed by atoms with Crippen LogP contribution in [0.15, 0.2) is 0 Å². The van der Waals surface area contributed by atoms with Crippen LogP contribution in [0.1, 0.15) is 47.0 Å². The molecule has 1 fully saturated rings. The molecule has 18 heavy (non-hydrogen) atoms. The fraction of sp³-hybridized carbons (Fsp3) is 0.929. The number of amides is 1. The van der Waals surface area contributed by atoms with E-state index in [1.165, 1.54) is 12.8 Å². The van der Waals surface area contributed by atoms with Crippen LogP contribution in [0.4, 0.5) is 0 Å². The van der Waals surface area contributed by atoms with Crippen molar-refractivity contribution in [1.29, 1.82) is 0 Å². The molecular weight excluding hydrogens is 226 g/mol. The molecule has 0 aromatic rings. The lowest BCUT2D eigenvalue weighted by Gasteiger charge is -2.33. The second-order valence-corrected chi connectivity index (χ2v) is 5.92. The van der Waals surface area contributed by atoms with Crippen molar-refractivity contribution in [3.63, 3.8) is 0 Å². The van der Waals surface area contributed by atoms with Crippen LogP contribution < -0.4 is 10.6 Å². The zero-order chi connectivity index (χ0) is 13.6. The average molecular weight is 255 g/mol. The number of carbonyl (C=O) groups excluding carboxylic acids is 1. The summed E-state index contributed by atoms with van der Waals surface area (Å²) >= 11 is 0. The lowest BCUT2D eigenvalue weighted by molar-refractivity contribution is -0.124. The summed E-state index contributed by atoms with van der Waals surface area (Å²) in [6.45, 7) is 12.0. The van der Waals surface area contributed by atoms with E-state index in [1.807, 2.05) is 0 Å². The molecule has 1 amide bonds. The maximum absolute atomic E-state index is 12.0. The number of rotatable bonds is 6. The zero-order valence-corrected chi connectivity index (χ0v) is 12.4. The summed E-state index contributed by atoms with van der Waals surface area (Å²) in [6.07, 6.45) is 3.37.